The Morgan fingerprint density at radius 2 is 2.47 bits per heavy atom. The summed E-state index contributed by atoms with van der Waals surface area (Å²) in [6.07, 6.45) is 2.57. The van der Waals surface area contributed by atoms with Gasteiger partial charge in [0.15, 0.2) is 0 Å². The summed E-state index contributed by atoms with van der Waals surface area (Å²) in [7, 11) is 2.10. The van der Waals surface area contributed by atoms with Crippen LogP contribution < -0.4 is 5.73 Å². The minimum atomic E-state index is 0.292. The molecule has 2 rings (SSSR count). The number of nitrogens with zero attached hydrogens (tertiary/aromatic N) is 1. The molecule has 0 aromatic carbocycles. The van der Waals surface area contributed by atoms with E-state index < -0.39 is 0 Å². The van der Waals surface area contributed by atoms with Gasteiger partial charge in [0.2, 0.25) is 0 Å². The molecule has 0 saturated carbocycles. The first-order valence-electron chi connectivity index (χ1n) is 5.97. The molecule has 0 spiro atoms. The first kappa shape index (κ1) is 13.3. The monoisotopic (exact) mass is 274 g/mol. The van der Waals surface area contributed by atoms with Crippen LogP contribution in [0.3, 0.4) is 0 Å². The standard InChI is InChI=1S/C12H19ClN2OS/c1-15(8-9-4-5-12(13)17-9)10(7-14)11-3-2-6-16-11/h4-5,10-11H,2-3,6-8,14H2,1H3. The predicted octanol–water partition coefficient (Wildman–Crippen LogP) is 2.34. The Morgan fingerprint density at radius 3 is 3.00 bits per heavy atom. The molecule has 2 heterocycles. The minimum Gasteiger partial charge on any atom is -0.377 e. The van der Waals surface area contributed by atoms with Crippen molar-refractivity contribution in [2.24, 2.45) is 5.73 Å². The van der Waals surface area contributed by atoms with E-state index in [0.29, 0.717) is 18.7 Å². The highest BCUT2D eigenvalue weighted by Crippen LogP contribution is 2.25. The lowest BCUT2D eigenvalue weighted by Gasteiger charge is -2.30. The summed E-state index contributed by atoms with van der Waals surface area (Å²) < 4.78 is 6.57. The van der Waals surface area contributed by atoms with Gasteiger partial charge in [-0.3, -0.25) is 4.90 Å². The molecule has 2 N–H and O–H groups in total. The molecule has 96 valence electrons. The largest absolute Gasteiger partial charge is 0.377 e. The normalized spacial score (nSPS) is 22.2. The lowest BCUT2D eigenvalue weighted by Crippen LogP contribution is -2.45. The third-order valence-electron chi connectivity index (χ3n) is 3.24. The molecule has 2 unspecified atom stereocenters. The van der Waals surface area contributed by atoms with E-state index in [1.165, 1.54) is 4.88 Å². The van der Waals surface area contributed by atoms with Crippen molar-refractivity contribution in [3.05, 3.63) is 21.3 Å². The molecular weight excluding hydrogens is 256 g/mol. The molecule has 0 bridgehead atoms. The maximum Gasteiger partial charge on any atom is 0.0931 e. The number of hydrogen-bond donors (Lipinski definition) is 1. The molecule has 0 radical (unpaired) electrons. The fourth-order valence-corrected chi connectivity index (χ4v) is 3.47. The highest BCUT2D eigenvalue weighted by molar-refractivity contribution is 7.16. The lowest BCUT2D eigenvalue weighted by molar-refractivity contribution is 0.0350. The predicted molar refractivity (Wildman–Crippen MR) is 72.6 cm³/mol. The fraction of sp³-hybridized carbons (Fsp3) is 0.667. The molecule has 1 aromatic rings. The van der Waals surface area contributed by atoms with Gasteiger partial charge in [-0.1, -0.05) is 11.6 Å². The lowest BCUT2D eigenvalue weighted by atomic mass is 10.1. The van der Waals surface area contributed by atoms with Crippen LogP contribution in [0.2, 0.25) is 4.34 Å². The second kappa shape index (κ2) is 6.16. The van der Waals surface area contributed by atoms with Crippen LogP contribution in [0.1, 0.15) is 17.7 Å². The molecule has 5 heteroatoms. The number of halogens is 1. The van der Waals surface area contributed by atoms with Crippen molar-refractivity contribution in [3.8, 4) is 0 Å². The van der Waals surface area contributed by atoms with Crippen molar-refractivity contribution in [2.45, 2.75) is 31.5 Å². The van der Waals surface area contributed by atoms with Gasteiger partial charge in [-0.05, 0) is 32.0 Å². The van der Waals surface area contributed by atoms with Gasteiger partial charge in [0.25, 0.3) is 0 Å². The van der Waals surface area contributed by atoms with E-state index >= 15 is 0 Å². The maximum atomic E-state index is 5.94. The van der Waals surface area contributed by atoms with Crippen molar-refractivity contribution in [1.82, 2.24) is 4.90 Å². The van der Waals surface area contributed by atoms with Gasteiger partial charge in [-0.2, -0.15) is 0 Å². The van der Waals surface area contributed by atoms with Crippen molar-refractivity contribution < 1.29 is 4.74 Å². The number of likely N-dealkylation sites (N-methyl/N-ethyl adjacent to an activating group) is 1. The summed E-state index contributed by atoms with van der Waals surface area (Å²) in [5.41, 5.74) is 5.87. The number of hydrogen-bond acceptors (Lipinski definition) is 4. The van der Waals surface area contributed by atoms with E-state index in [0.717, 1.165) is 30.3 Å². The molecule has 1 aliphatic rings. The molecule has 1 aliphatic heterocycles. The Kier molecular flexibility index (Phi) is 4.82. The van der Waals surface area contributed by atoms with E-state index in [1.807, 2.05) is 6.07 Å². The van der Waals surface area contributed by atoms with Crippen LogP contribution in [0.5, 0.6) is 0 Å². The maximum absolute atomic E-state index is 5.94. The Morgan fingerprint density at radius 1 is 1.65 bits per heavy atom. The quantitative estimate of drug-likeness (QED) is 0.896. The average Bonchev–Trinajstić information content (AvgIpc) is 2.92. The summed E-state index contributed by atoms with van der Waals surface area (Å²) in [5, 5.41) is 0. The number of rotatable bonds is 5. The molecule has 2 atom stereocenters. The van der Waals surface area contributed by atoms with Crippen LogP contribution in [-0.4, -0.2) is 37.2 Å². The van der Waals surface area contributed by atoms with E-state index in [2.05, 4.69) is 18.0 Å². The van der Waals surface area contributed by atoms with Gasteiger partial charge in [0.05, 0.1) is 10.4 Å². The van der Waals surface area contributed by atoms with Crippen LogP contribution >= 0.6 is 22.9 Å². The summed E-state index contributed by atoms with van der Waals surface area (Å²) >= 11 is 7.56. The van der Waals surface area contributed by atoms with Gasteiger partial charge in [-0.15, -0.1) is 11.3 Å². The first-order chi connectivity index (χ1) is 8.20. The highest BCUT2D eigenvalue weighted by atomic mass is 35.5. The van der Waals surface area contributed by atoms with Crippen molar-refractivity contribution in [2.75, 3.05) is 20.2 Å². The molecule has 1 saturated heterocycles. The highest BCUT2D eigenvalue weighted by Gasteiger charge is 2.28. The topological polar surface area (TPSA) is 38.5 Å². The van der Waals surface area contributed by atoms with Crippen LogP contribution in [-0.2, 0) is 11.3 Å². The average molecular weight is 275 g/mol. The Hall–Kier alpha value is -0.130. The zero-order valence-electron chi connectivity index (χ0n) is 10.1. The van der Waals surface area contributed by atoms with Crippen molar-refractivity contribution in [1.29, 1.82) is 0 Å². The van der Waals surface area contributed by atoms with Crippen LogP contribution in [0.25, 0.3) is 0 Å². The second-order valence-corrected chi connectivity index (χ2v) is 6.28. The molecule has 1 aromatic heterocycles. The van der Waals surface area contributed by atoms with Crippen molar-refractivity contribution >= 4 is 22.9 Å². The molecule has 3 nitrogen and oxygen atoms in total. The number of ether oxygens (including phenoxy) is 1. The molecule has 17 heavy (non-hydrogen) atoms. The van der Waals surface area contributed by atoms with Gasteiger partial charge >= 0.3 is 0 Å². The zero-order valence-corrected chi connectivity index (χ0v) is 11.6. The number of nitrogens with two attached hydrogens (primary N) is 1. The zero-order chi connectivity index (χ0) is 12.3. The Balaban J connectivity index is 1.94. The number of thiophene rings is 1. The fourth-order valence-electron chi connectivity index (χ4n) is 2.32. The third-order valence-corrected chi connectivity index (χ3v) is 4.45. The molecule has 1 fully saturated rings. The molecule has 0 aliphatic carbocycles. The minimum absolute atomic E-state index is 0.292. The van der Waals surface area contributed by atoms with Crippen LogP contribution in [0.15, 0.2) is 12.1 Å². The first-order valence-corrected chi connectivity index (χ1v) is 7.16. The summed E-state index contributed by atoms with van der Waals surface area (Å²) in [5.74, 6) is 0. The van der Waals surface area contributed by atoms with E-state index in [9.17, 15) is 0 Å². The molecular formula is C12H19ClN2OS. The van der Waals surface area contributed by atoms with E-state index in [4.69, 9.17) is 22.1 Å². The van der Waals surface area contributed by atoms with E-state index in [1.54, 1.807) is 11.3 Å². The van der Waals surface area contributed by atoms with Gasteiger partial charge in [0, 0.05) is 30.6 Å². The SMILES string of the molecule is CN(Cc1ccc(Cl)s1)C(CN)C1CCCO1. The third kappa shape index (κ3) is 3.42. The van der Waals surface area contributed by atoms with Gasteiger partial charge in [-0.25, -0.2) is 0 Å². The molecule has 0 amide bonds. The summed E-state index contributed by atoms with van der Waals surface area (Å²) in [4.78, 5) is 3.55. The Bertz CT molecular complexity index is 352. The Labute approximate surface area is 112 Å². The summed E-state index contributed by atoms with van der Waals surface area (Å²) in [6.45, 7) is 2.40. The van der Waals surface area contributed by atoms with Crippen molar-refractivity contribution in [3.63, 3.8) is 0 Å². The van der Waals surface area contributed by atoms with Crippen LogP contribution in [0, 0.1) is 0 Å². The van der Waals surface area contributed by atoms with E-state index in [-0.39, 0.29) is 0 Å². The van der Waals surface area contributed by atoms with Gasteiger partial charge < -0.3 is 10.5 Å². The smallest absolute Gasteiger partial charge is 0.0931 e. The second-order valence-electron chi connectivity index (χ2n) is 4.48. The summed E-state index contributed by atoms with van der Waals surface area (Å²) in [6, 6.07) is 4.32. The van der Waals surface area contributed by atoms with Gasteiger partial charge in [0.1, 0.15) is 0 Å². The van der Waals surface area contributed by atoms with Crippen LogP contribution in [0.4, 0.5) is 0 Å².